The molecule has 0 fully saturated rings. The molecular weight excluding hydrogens is 472 g/mol. The van der Waals surface area contributed by atoms with E-state index in [4.69, 9.17) is 11.6 Å². The Balaban J connectivity index is 1.64. The summed E-state index contributed by atoms with van der Waals surface area (Å²) < 4.78 is 2.11. The average molecular weight is 489 g/mol. The van der Waals surface area contributed by atoms with Gasteiger partial charge in [0.2, 0.25) is 0 Å². The van der Waals surface area contributed by atoms with E-state index >= 15 is 0 Å². The molecule has 7 nitrogen and oxygen atoms in total. The van der Waals surface area contributed by atoms with Gasteiger partial charge in [-0.3, -0.25) is 14.9 Å². The summed E-state index contributed by atoms with van der Waals surface area (Å²) >= 11 is 8.09. The van der Waals surface area contributed by atoms with Gasteiger partial charge < -0.3 is 14.7 Å². The predicted molar refractivity (Wildman–Crippen MR) is 133 cm³/mol. The lowest BCUT2D eigenvalue weighted by molar-refractivity contribution is 0.0880. The molecule has 0 saturated carbocycles. The first-order chi connectivity index (χ1) is 16.5. The fraction of sp³-hybridized carbons (Fsp3) is 0.0800. The molecule has 168 valence electrons. The van der Waals surface area contributed by atoms with Crippen LogP contribution in [0.15, 0.2) is 66.1 Å². The van der Waals surface area contributed by atoms with Crippen LogP contribution >= 0.6 is 23.4 Å². The van der Waals surface area contributed by atoms with E-state index in [1.807, 2.05) is 30.3 Å². The summed E-state index contributed by atoms with van der Waals surface area (Å²) in [6.45, 7) is 0.618. The van der Waals surface area contributed by atoms with E-state index in [-0.39, 0.29) is 5.75 Å². The van der Waals surface area contributed by atoms with Gasteiger partial charge in [-0.1, -0.05) is 41.6 Å². The smallest absolute Gasteiger partial charge is 0.259 e. The zero-order valence-electron chi connectivity index (χ0n) is 17.6. The molecule has 1 aliphatic heterocycles. The zero-order valence-corrected chi connectivity index (χ0v) is 19.2. The number of aromatic amines is 1. The first kappa shape index (κ1) is 20.8. The van der Waals surface area contributed by atoms with Crippen molar-refractivity contribution in [2.45, 2.75) is 11.7 Å². The molecule has 3 N–H and O–H groups in total. The van der Waals surface area contributed by atoms with Gasteiger partial charge in [0.1, 0.15) is 5.75 Å². The molecule has 5 aromatic rings. The third-order valence-corrected chi connectivity index (χ3v) is 7.22. The Labute approximate surface area is 202 Å². The van der Waals surface area contributed by atoms with E-state index in [0.717, 1.165) is 21.9 Å². The molecule has 1 aliphatic rings. The van der Waals surface area contributed by atoms with Crippen LogP contribution in [0.5, 0.6) is 5.75 Å². The van der Waals surface area contributed by atoms with Crippen LogP contribution in [0.3, 0.4) is 0 Å². The molecule has 2 amide bonds. The first-order valence-electron chi connectivity index (χ1n) is 10.6. The second kappa shape index (κ2) is 7.93. The molecule has 0 saturated heterocycles. The number of benzene rings is 3. The van der Waals surface area contributed by atoms with Crippen molar-refractivity contribution in [3.8, 4) is 16.9 Å². The molecule has 0 aliphatic carbocycles. The highest BCUT2D eigenvalue weighted by Crippen LogP contribution is 2.42. The van der Waals surface area contributed by atoms with Gasteiger partial charge in [-0.05, 0) is 35.9 Å². The lowest BCUT2D eigenvalue weighted by Gasteiger charge is -2.12. The number of halogens is 1. The Morgan fingerprint density at radius 1 is 1.00 bits per heavy atom. The number of imide groups is 1. The van der Waals surface area contributed by atoms with Crippen LogP contribution in [0.1, 0.15) is 20.7 Å². The number of aromatic hydroxyl groups is 1. The number of H-pyrrole nitrogens is 1. The van der Waals surface area contributed by atoms with Crippen molar-refractivity contribution < 1.29 is 14.7 Å². The summed E-state index contributed by atoms with van der Waals surface area (Å²) in [7, 11) is 0. The number of carbonyl (C=O) groups is 2. The number of thioether (sulfide) groups is 1. The van der Waals surface area contributed by atoms with E-state index < -0.39 is 11.8 Å². The van der Waals surface area contributed by atoms with E-state index in [1.165, 1.54) is 0 Å². The minimum atomic E-state index is -0.453. The molecule has 0 unspecified atom stereocenters. The van der Waals surface area contributed by atoms with Crippen molar-refractivity contribution in [3.63, 3.8) is 0 Å². The number of imidazole rings is 1. The van der Waals surface area contributed by atoms with Gasteiger partial charge in [-0.25, -0.2) is 4.98 Å². The topological polar surface area (TPSA) is 100 Å². The van der Waals surface area contributed by atoms with Crippen LogP contribution < -0.4 is 5.32 Å². The van der Waals surface area contributed by atoms with Crippen molar-refractivity contribution in [3.05, 3.63) is 77.1 Å². The van der Waals surface area contributed by atoms with Gasteiger partial charge in [-0.15, -0.1) is 0 Å². The van der Waals surface area contributed by atoms with Crippen LogP contribution in [0.4, 0.5) is 0 Å². The molecule has 9 heteroatoms. The number of phenols is 1. The quantitative estimate of drug-likeness (QED) is 0.232. The van der Waals surface area contributed by atoms with Crippen LogP contribution in [-0.2, 0) is 6.54 Å². The maximum Gasteiger partial charge on any atom is 0.259 e. The summed E-state index contributed by atoms with van der Waals surface area (Å²) in [4.78, 5) is 33.3. The second-order valence-electron chi connectivity index (χ2n) is 7.93. The lowest BCUT2D eigenvalue weighted by Crippen LogP contribution is -2.20. The van der Waals surface area contributed by atoms with Crippen molar-refractivity contribution in [1.82, 2.24) is 19.9 Å². The summed E-state index contributed by atoms with van der Waals surface area (Å²) in [6.07, 6.45) is 3.49. The Kier molecular flexibility index (Phi) is 4.86. The number of hydrogen-bond donors (Lipinski definition) is 3. The number of aromatic nitrogens is 3. The third-order valence-electron chi connectivity index (χ3n) is 6.01. The average Bonchev–Trinajstić information content (AvgIpc) is 3.51. The molecule has 3 aromatic carbocycles. The number of aryl methyl sites for hydroxylation is 1. The van der Waals surface area contributed by atoms with Gasteiger partial charge in [0.25, 0.3) is 11.8 Å². The maximum absolute atomic E-state index is 13.0. The normalized spacial score (nSPS) is 13.1. The number of fused-ring (bicyclic) bond motifs is 5. The van der Waals surface area contributed by atoms with E-state index in [0.29, 0.717) is 44.6 Å². The zero-order chi connectivity index (χ0) is 23.4. The van der Waals surface area contributed by atoms with Crippen LogP contribution in [0.2, 0.25) is 5.02 Å². The highest BCUT2D eigenvalue weighted by atomic mass is 35.5. The van der Waals surface area contributed by atoms with Gasteiger partial charge in [0, 0.05) is 51.6 Å². The minimum absolute atomic E-state index is 0.0881. The highest BCUT2D eigenvalue weighted by molar-refractivity contribution is 7.99. The number of nitrogens with zero attached hydrogens (tertiary/aromatic N) is 2. The lowest BCUT2D eigenvalue weighted by atomic mass is 9.93. The SMILES string of the molecule is O=C1NC(=O)c2c1c(-c1ccccc1Cl)cc1c2c2cc(O)ccc2n1CCSc1ncc[nH]1. The number of rotatable bonds is 5. The number of nitrogens with one attached hydrogen (secondary N) is 2. The standard InChI is InChI=1S/C25H17ClN4O3S/c26-17-4-2-1-3-14(17)15-12-19-20(22-21(15)23(32)29-24(22)33)16-11-13(31)5-6-18(16)30(19)9-10-34-25-27-7-8-28-25/h1-8,11-12,31H,9-10H2,(H,27,28)(H,29,32,33). The first-order valence-corrected chi connectivity index (χ1v) is 11.9. The summed E-state index contributed by atoms with van der Waals surface area (Å²) in [6, 6.07) is 14.3. The minimum Gasteiger partial charge on any atom is -0.508 e. The van der Waals surface area contributed by atoms with Crippen LogP contribution in [0.25, 0.3) is 32.9 Å². The van der Waals surface area contributed by atoms with Crippen molar-refractivity contribution in [2.75, 3.05) is 5.75 Å². The van der Waals surface area contributed by atoms with Crippen LogP contribution in [-0.4, -0.2) is 37.2 Å². The van der Waals surface area contributed by atoms with E-state index in [1.54, 1.807) is 42.4 Å². The Hall–Kier alpha value is -3.75. The number of amides is 2. The summed E-state index contributed by atoms with van der Waals surface area (Å²) in [5.74, 6) is -0.0978. The Morgan fingerprint density at radius 3 is 2.62 bits per heavy atom. The van der Waals surface area contributed by atoms with Gasteiger partial charge >= 0.3 is 0 Å². The molecule has 0 spiro atoms. The summed E-state index contributed by atoms with van der Waals surface area (Å²) in [5.41, 5.74) is 3.54. The predicted octanol–water partition coefficient (Wildman–Crippen LogP) is 5.22. The maximum atomic E-state index is 13.0. The number of hydrogen-bond acceptors (Lipinski definition) is 5. The molecule has 0 bridgehead atoms. The van der Waals surface area contributed by atoms with Gasteiger partial charge in [0.15, 0.2) is 5.16 Å². The van der Waals surface area contributed by atoms with Crippen molar-refractivity contribution >= 4 is 57.0 Å². The third kappa shape index (κ3) is 3.18. The van der Waals surface area contributed by atoms with Crippen molar-refractivity contribution in [2.24, 2.45) is 0 Å². The number of carbonyl (C=O) groups excluding carboxylic acids is 2. The molecule has 6 rings (SSSR count). The fourth-order valence-electron chi connectivity index (χ4n) is 4.63. The monoisotopic (exact) mass is 488 g/mol. The molecule has 0 radical (unpaired) electrons. The van der Waals surface area contributed by atoms with Gasteiger partial charge in [-0.2, -0.15) is 0 Å². The van der Waals surface area contributed by atoms with Gasteiger partial charge in [0.05, 0.1) is 16.6 Å². The number of phenolic OH excluding ortho intramolecular Hbond substituents is 1. The Bertz CT molecular complexity index is 1630. The fourth-order valence-corrected chi connectivity index (χ4v) is 5.62. The summed E-state index contributed by atoms with van der Waals surface area (Å²) in [5, 5.41) is 15.3. The molecule has 3 heterocycles. The second-order valence-corrected chi connectivity index (χ2v) is 9.42. The highest BCUT2D eigenvalue weighted by Gasteiger charge is 2.34. The van der Waals surface area contributed by atoms with E-state index in [9.17, 15) is 14.7 Å². The molecular formula is C25H17ClN4O3S. The largest absolute Gasteiger partial charge is 0.508 e. The molecule has 0 atom stereocenters. The van der Waals surface area contributed by atoms with Crippen LogP contribution in [0, 0.1) is 0 Å². The van der Waals surface area contributed by atoms with E-state index in [2.05, 4.69) is 19.9 Å². The molecule has 2 aromatic heterocycles. The molecule has 34 heavy (non-hydrogen) atoms. The Morgan fingerprint density at radius 2 is 1.82 bits per heavy atom. The van der Waals surface area contributed by atoms with Crippen molar-refractivity contribution in [1.29, 1.82) is 0 Å².